The Morgan fingerprint density at radius 1 is 0.913 bits per heavy atom. The monoisotopic (exact) mass is 312 g/mol. The number of rotatable bonds is 8. The number of ketones is 1. The molecule has 2 rings (SSSR count). The summed E-state index contributed by atoms with van der Waals surface area (Å²) in [6, 6.07) is 16.8. The van der Waals surface area contributed by atoms with Gasteiger partial charge in [-0.05, 0) is 36.8 Å². The van der Waals surface area contributed by atoms with E-state index >= 15 is 0 Å². The highest BCUT2D eigenvalue weighted by molar-refractivity contribution is 5.97. The fraction of sp³-hybridized carbons (Fsp3) is 0.263. The van der Waals surface area contributed by atoms with Crippen LogP contribution >= 0.6 is 0 Å². The Hall–Kier alpha value is -2.62. The van der Waals surface area contributed by atoms with Crippen LogP contribution in [0.3, 0.4) is 0 Å². The third kappa shape index (κ3) is 5.58. The van der Waals surface area contributed by atoms with Crippen molar-refractivity contribution in [2.45, 2.75) is 26.4 Å². The molecule has 0 aliphatic rings. The Kier molecular flexibility index (Phi) is 6.36. The first-order chi connectivity index (χ1) is 11.2. The Morgan fingerprint density at radius 2 is 1.61 bits per heavy atom. The first-order valence-electron chi connectivity index (χ1n) is 7.64. The van der Waals surface area contributed by atoms with E-state index in [9.17, 15) is 9.59 Å². The standard InChI is InChI=1S/C19H20O4/c1-2-22-19(21)13-12-18(20)16-8-10-17(11-9-16)23-14-15-6-4-3-5-7-15/h3-11H,2,12-14H2,1H3. The van der Waals surface area contributed by atoms with Crippen molar-refractivity contribution in [1.29, 1.82) is 0 Å². The van der Waals surface area contributed by atoms with Gasteiger partial charge < -0.3 is 9.47 Å². The van der Waals surface area contributed by atoms with E-state index < -0.39 is 0 Å². The second-order valence-corrected chi connectivity index (χ2v) is 5.03. The molecule has 23 heavy (non-hydrogen) atoms. The van der Waals surface area contributed by atoms with Gasteiger partial charge in [-0.15, -0.1) is 0 Å². The van der Waals surface area contributed by atoms with Crippen LogP contribution < -0.4 is 4.74 Å². The highest BCUT2D eigenvalue weighted by Crippen LogP contribution is 2.16. The number of hydrogen-bond acceptors (Lipinski definition) is 4. The molecule has 0 amide bonds. The highest BCUT2D eigenvalue weighted by Gasteiger charge is 2.10. The molecule has 0 saturated heterocycles. The maximum absolute atomic E-state index is 12.0. The number of hydrogen-bond donors (Lipinski definition) is 0. The summed E-state index contributed by atoms with van der Waals surface area (Å²) in [4.78, 5) is 23.3. The van der Waals surface area contributed by atoms with Crippen LogP contribution in [-0.4, -0.2) is 18.4 Å². The zero-order chi connectivity index (χ0) is 16.5. The van der Waals surface area contributed by atoms with Crippen LogP contribution in [0, 0.1) is 0 Å². The zero-order valence-electron chi connectivity index (χ0n) is 13.2. The van der Waals surface area contributed by atoms with Crippen LogP contribution in [0.5, 0.6) is 5.75 Å². The van der Waals surface area contributed by atoms with Crippen LogP contribution in [-0.2, 0) is 16.1 Å². The van der Waals surface area contributed by atoms with Gasteiger partial charge in [0.15, 0.2) is 5.78 Å². The molecule has 0 spiro atoms. The maximum atomic E-state index is 12.0. The molecular formula is C19H20O4. The fourth-order valence-electron chi connectivity index (χ4n) is 2.07. The van der Waals surface area contributed by atoms with E-state index in [0.29, 0.717) is 24.5 Å². The largest absolute Gasteiger partial charge is 0.489 e. The Bertz CT molecular complexity index is 632. The van der Waals surface area contributed by atoms with Crippen molar-refractivity contribution in [3.05, 3.63) is 65.7 Å². The van der Waals surface area contributed by atoms with E-state index in [1.165, 1.54) is 0 Å². The molecule has 4 nitrogen and oxygen atoms in total. The molecule has 0 unspecified atom stereocenters. The van der Waals surface area contributed by atoms with E-state index in [2.05, 4.69) is 0 Å². The van der Waals surface area contributed by atoms with Crippen LogP contribution in [0.4, 0.5) is 0 Å². The summed E-state index contributed by atoms with van der Waals surface area (Å²) in [6.07, 6.45) is 0.266. The van der Waals surface area contributed by atoms with Crippen LogP contribution in [0.1, 0.15) is 35.7 Å². The van der Waals surface area contributed by atoms with Crippen molar-refractivity contribution in [1.82, 2.24) is 0 Å². The average Bonchev–Trinajstić information content (AvgIpc) is 2.59. The second kappa shape index (κ2) is 8.73. The van der Waals surface area contributed by atoms with Crippen molar-refractivity contribution in [3.63, 3.8) is 0 Å². The lowest BCUT2D eigenvalue weighted by atomic mass is 10.1. The summed E-state index contributed by atoms with van der Waals surface area (Å²) in [5.41, 5.74) is 1.66. The van der Waals surface area contributed by atoms with E-state index in [1.54, 1.807) is 31.2 Å². The summed E-state index contributed by atoms with van der Waals surface area (Å²) < 4.78 is 10.5. The van der Waals surface area contributed by atoms with Crippen molar-refractivity contribution < 1.29 is 19.1 Å². The molecule has 0 N–H and O–H groups in total. The van der Waals surface area contributed by atoms with Crippen molar-refractivity contribution >= 4 is 11.8 Å². The number of carbonyl (C=O) groups excluding carboxylic acids is 2. The van der Waals surface area contributed by atoms with Gasteiger partial charge in [-0.3, -0.25) is 9.59 Å². The molecule has 2 aromatic rings. The summed E-state index contributed by atoms with van der Waals surface area (Å²) in [7, 11) is 0. The normalized spacial score (nSPS) is 10.1. The van der Waals surface area contributed by atoms with E-state index in [1.807, 2.05) is 30.3 Å². The van der Waals surface area contributed by atoms with Gasteiger partial charge in [0.25, 0.3) is 0 Å². The lowest BCUT2D eigenvalue weighted by molar-refractivity contribution is -0.143. The molecule has 2 aromatic carbocycles. The van der Waals surface area contributed by atoms with Gasteiger partial charge in [-0.25, -0.2) is 0 Å². The molecule has 0 aromatic heterocycles. The third-order valence-corrected chi connectivity index (χ3v) is 3.29. The average molecular weight is 312 g/mol. The molecule has 0 aliphatic carbocycles. The lowest BCUT2D eigenvalue weighted by Crippen LogP contribution is -2.08. The summed E-state index contributed by atoms with van der Waals surface area (Å²) >= 11 is 0. The topological polar surface area (TPSA) is 52.6 Å². The number of benzene rings is 2. The fourth-order valence-corrected chi connectivity index (χ4v) is 2.07. The van der Waals surface area contributed by atoms with Gasteiger partial charge in [-0.2, -0.15) is 0 Å². The molecule has 0 heterocycles. The number of esters is 1. The van der Waals surface area contributed by atoms with Gasteiger partial charge in [-0.1, -0.05) is 30.3 Å². The predicted molar refractivity (Wildman–Crippen MR) is 87.4 cm³/mol. The van der Waals surface area contributed by atoms with Crippen LogP contribution in [0.25, 0.3) is 0 Å². The maximum Gasteiger partial charge on any atom is 0.306 e. The van der Waals surface area contributed by atoms with Gasteiger partial charge >= 0.3 is 5.97 Å². The SMILES string of the molecule is CCOC(=O)CCC(=O)c1ccc(OCc2ccccc2)cc1. The number of Topliss-reactive ketones (excluding diaryl/α,β-unsaturated/α-hetero) is 1. The quantitative estimate of drug-likeness (QED) is 0.549. The predicted octanol–water partition coefficient (Wildman–Crippen LogP) is 3.79. The first-order valence-corrected chi connectivity index (χ1v) is 7.64. The first kappa shape index (κ1) is 16.7. The lowest BCUT2D eigenvalue weighted by Gasteiger charge is -2.07. The van der Waals surface area contributed by atoms with Gasteiger partial charge in [0.05, 0.1) is 13.0 Å². The van der Waals surface area contributed by atoms with Crippen molar-refractivity contribution in [2.75, 3.05) is 6.61 Å². The molecule has 0 fully saturated rings. The molecule has 120 valence electrons. The van der Waals surface area contributed by atoms with Gasteiger partial charge in [0.1, 0.15) is 12.4 Å². The molecule has 0 bridgehead atoms. The molecule has 0 atom stereocenters. The highest BCUT2D eigenvalue weighted by atomic mass is 16.5. The van der Waals surface area contributed by atoms with E-state index in [4.69, 9.17) is 9.47 Å². The summed E-state index contributed by atoms with van der Waals surface area (Å²) in [5, 5.41) is 0. The minimum atomic E-state index is -0.344. The second-order valence-electron chi connectivity index (χ2n) is 5.03. The molecule has 4 heteroatoms. The molecule has 0 radical (unpaired) electrons. The third-order valence-electron chi connectivity index (χ3n) is 3.29. The van der Waals surface area contributed by atoms with Crippen LogP contribution in [0.15, 0.2) is 54.6 Å². The van der Waals surface area contributed by atoms with Gasteiger partial charge in [0, 0.05) is 12.0 Å². The van der Waals surface area contributed by atoms with E-state index in [-0.39, 0.29) is 24.6 Å². The number of carbonyl (C=O) groups is 2. The molecule has 0 saturated carbocycles. The van der Waals surface area contributed by atoms with Gasteiger partial charge in [0.2, 0.25) is 0 Å². The Balaban J connectivity index is 1.84. The van der Waals surface area contributed by atoms with E-state index in [0.717, 1.165) is 5.56 Å². The summed E-state index contributed by atoms with van der Waals surface area (Å²) in [6.45, 7) is 2.56. The minimum absolute atomic E-state index is 0.0762. The smallest absolute Gasteiger partial charge is 0.306 e. The Morgan fingerprint density at radius 3 is 2.26 bits per heavy atom. The van der Waals surface area contributed by atoms with Crippen LogP contribution in [0.2, 0.25) is 0 Å². The summed E-state index contributed by atoms with van der Waals surface area (Å²) in [5.74, 6) is 0.284. The van der Waals surface area contributed by atoms with Crippen molar-refractivity contribution in [2.24, 2.45) is 0 Å². The minimum Gasteiger partial charge on any atom is -0.489 e. The number of ether oxygens (including phenoxy) is 2. The Labute approximate surface area is 136 Å². The van der Waals surface area contributed by atoms with Crippen molar-refractivity contribution in [3.8, 4) is 5.75 Å². The molecular weight excluding hydrogens is 292 g/mol. The molecule has 0 aliphatic heterocycles. The zero-order valence-corrected chi connectivity index (χ0v) is 13.2.